The number of nitrogens with zero attached hydrogens (tertiary/aromatic N) is 2. The Kier molecular flexibility index (Phi) is 8.36. The maximum absolute atomic E-state index is 12.5. The number of carbonyl (C=O) groups is 1. The quantitative estimate of drug-likeness (QED) is 0.570. The molecule has 2 amide bonds. The summed E-state index contributed by atoms with van der Waals surface area (Å²) in [6, 6.07) is 13.6. The van der Waals surface area contributed by atoms with Crippen LogP contribution in [0.15, 0.2) is 42.5 Å². The lowest BCUT2D eigenvalue weighted by Gasteiger charge is -2.35. The maximum Gasteiger partial charge on any atom is 0.323 e. The molecule has 0 radical (unpaired) electrons. The van der Waals surface area contributed by atoms with Gasteiger partial charge in [-0.25, -0.2) is 4.79 Å². The van der Waals surface area contributed by atoms with Crippen molar-refractivity contribution < 1.29 is 14.6 Å². The fourth-order valence-electron chi connectivity index (χ4n) is 4.03. The van der Waals surface area contributed by atoms with E-state index in [0.29, 0.717) is 24.0 Å². The van der Waals surface area contributed by atoms with E-state index in [1.807, 2.05) is 32.0 Å². The number of anilines is 3. The van der Waals surface area contributed by atoms with Crippen LogP contribution < -0.4 is 20.3 Å². The van der Waals surface area contributed by atoms with Gasteiger partial charge in [-0.2, -0.15) is 0 Å². The van der Waals surface area contributed by atoms with Gasteiger partial charge < -0.3 is 30.3 Å². The summed E-state index contributed by atoms with van der Waals surface area (Å²) < 4.78 is 5.60. The van der Waals surface area contributed by atoms with E-state index in [9.17, 15) is 9.90 Å². The average molecular weight is 441 g/mol. The molecule has 7 heteroatoms. The zero-order valence-electron chi connectivity index (χ0n) is 19.6. The molecule has 1 aliphatic rings. The number of amides is 2. The van der Waals surface area contributed by atoms with Crippen LogP contribution in [0.5, 0.6) is 5.75 Å². The second kappa shape index (κ2) is 11.2. The molecule has 2 unspecified atom stereocenters. The molecule has 3 N–H and O–H groups in total. The third kappa shape index (κ3) is 6.87. The summed E-state index contributed by atoms with van der Waals surface area (Å²) in [6.45, 7) is 6.14. The van der Waals surface area contributed by atoms with Crippen LogP contribution in [0, 0.1) is 6.92 Å². The zero-order valence-corrected chi connectivity index (χ0v) is 19.6. The molecule has 0 saturated carbocycles. The molecule has 3 rings (SSSR count). The molecule has 174 valence electrons. The predicted molar refractivity (Wildman–Crippen MR) is 131 cm³/mol. The number of hydrogen-bond acceptors (Lipinski definition) is 5. The van der Waals surface area contributed by atoms with Crippen molar-refractivity contribution in [2.45, 2.75) is 45.3 Å². The number of ether oxygens (including phenoxy) is 1. The van der Waals surface area contributed by atoms with Crippen LogP contribution >= 0.6 is 0 Å². The molecule has 0 aliphatic carbocycles. The van der Waals surface area contributed by atoms with E-state index in [2.05, 4.69) is 34.6 Å². The number of aliphatic hydroxyl groups excluding tert-OH is 1. The second-order valence-corrected chi connectivity index (χ2v) is 8.87. The van der Waals surface area contributed by atoms with Crippen molar-refractivity contribution in [3.05, 3.63) is 48.0 Å². The number of rotatable bonds is 8. The number of likely N-dealkylation sites (N-methyl/N-ethyl adjacent to an activating group) is 1. The van der Waals surface area contributed by atoms with E-state index < -0.39 is 6.10 Å². The molecular weight excluding hydrogens is 404 g/mol. The Morgan fingerprint density at radius 2 is 1.94 bits per heavy atom. The van der Waals surface area contributed by atoms with Gasteiger partial charge in [0.05, 0.1) is 0 Å². The van der Waals surface area contributed by atoms with Crippen molar-refractivity contribution >= 4 is 23.1 Å². The summed E-state index contributed by atoms with van der Waals surface area (Å²) in [6.07, 6.45) is 3.19. The smallest absolute Gasteiger partial charge is 0.323 e. The molecule has 1 fully saturated rings. The van der Waals surface area contributed by atoms with Gasteiger partial charge in [-0.1, -0.05) is 0 Å². The second-order valence-electron chi connectivity index (χ2n) is 8.87. The molecule has 1 saturated heterocycles. The summed E-state index contributed by atoms with van der Waals surface area (Å²) in [4.78, 5) is 16.8. The molecule has 2 atom stereocenters. The van der Waals surface area contributed by atoms with Crippen molar-refractivity contribution in [3.63, 3.8) is 0 Å². The first-order valence-electron chi connectivity index (χ1n) is 11.3. The number of carbonyl (C=O) groups excluding carboxylic acids is 1. The Labute approximate surface area is 191 Å². The highest BCUT2D eigenvalue weighted by Crippen LogP contribution is 2.28. The topological polar surface area (TPSA) is 77.1 Å². The number of aryl methyl sites for hydroxylation is 1. The normalized spacial score (nSPS) is 17.2. The van der Waals surface area contributed by atoms with Crippen molar-refractivity contribution in [1.82, 2.24) is 4.90 Å². The van der Waals surface area contributed by atoms with E-state index in [1.165, 1.54) is 24.9 Å². The molecule has 0 aromatic heterocycles. The Balaban J connectivity index is 1.52. The van der Waals surface area contributed by atoms with Crippen LogP contribution in [0.4, 0.5) is 21.9 Å². The van der Waals surface area contributed by atoms with Crippen LogP contribution in [0.1, 0.15) is 31.7 Å². The van der Waals surface area contributed by atoms with Gasteiger partial charge in [0.25, 0.3) is 0 Å². The highest BCUT2D eigenvalue weighted by Gasteiger charge is 2.19. The predicted octanol–water partition coefficient (Wildman–Crippen LogP) is 4.32. The zero-order chi connectivity index (χ0) is 23.1. The lowest BCUT2D eigenvalue weighted by molar-refractivity contribution is 0.0831. The Morgan fingerprint density at radius 3 is 2.59 bits per heavy atom. The van der Waals surface area contributed by atoms with Gasteiger partial charge in [-0.05, 0) is 95.2 Å². The SMILES string of the molecule is Cc1cc(N2CCCCC2C)ccc1NC(=O)Nc1ccc(OCC(O)CN(C)C)cc1. The van der Waals surface area contributed by atoms with Gasteiger partial charge in [0.1, 0.15) is 18.5 Å². The van der Waals surface area contributed by atoms with E-state index in [-0.39, 0.29) is 12.6 Å². The highest BCUT2D eigenvalue weighted by molar-refractivity contribution is 6.00. The summed E-state index contributed by atoms with van der Waals surface area (Å²) in [5.74, 6) is 0.645. The van der Waals surface area contributed by atoms with Gasteiger partial charge in [-0.3, -0.25) is 0 Å². The number of hydrogen-bond donors (Lipinski definition) is 3. The monoisotopic (exact) mass is 440 g/mol. The van der Waals surface area contributed by atoms with Crippen LogP contribution in [0.2, 0.25) is 0 Å². The van der Waals surface area contributed by atoms with Crippen LogP contribution in [-0.4, -0.2) is 62.0 Å². The fourth-order valence-corrected chi connectivity index (χ4v) is 4.03. The summed E-state index contributed by atoms with van der Waals surface area (Å²) in [5.41, 5.74) is 3.72. The van der Waals surface area contributed by atoms with Gasteiger partial charge in [-0.15, -0.1) is 0 Å². The lowest BCUT2D eigenvalue weighted by Crippen LogP contribution is -2.37. The van der Waals surface area contributed by atoms with Gasteiger partial charge in [0, 0.05) is 36.2 Å². The summed E-state index contributed by atoms with van der Waals surface area (Å²) in [5, 5.41) is 15.7. The number of benzene rings is 2. The third-order valence-corrected chi connectivity index (χ3v) is 5.72. The molecule has 0 bridgehead atoms. The van der Waals surface area contributed by atoms with Crippen molar-refractivity contribution in [2.75, 3.05) is 49.3 Å². The molecule has 1 heterocycles. The Bertz CT molecular complexity index is 885. The van der Waals surface area contributed by atoms with Crippen molar-refractivity contribution in [1.29, 1.82) is 0 Å². The average Bonchev–Trinajstić information content (AvgIpc) is 2.74. The van der Waals surface area contributed by atoms with E-state index in [1.54, 1.807) is 24.3 Å². The molecule has 1 aliphatic heterocycles. The third-order valence-electron chi connectivity index (χ3n) is 5.72. The molecule has 2 aromatic carbocycles. The lowest BCUT2D eigenvalue weighted by atomic mass is 10.0. The highest BCUT2D eigenvalue weighted by atomic mass is 16.5. The molecular formula is C25H36N4O3. The first-order chi connectivity index (χ1) is 15.3. The fraction of sp³-hybridized carbons (Fsp3) is 0.480. The maximum atomic E-state index is 12.5. The minimum Gasteiger partial charge on any atom is -0.491 e. The number of aliphatic hydroxyl groups is 1. The van der Waals surface area contributed by atoms with Gasteiger partial charge in [0.15, 0.2) is 0 Å². The minimum absolute atomic E-state index is 0.219. The summed E-state index contributed by atoms with van der Waals surface area (Å²) in [7, 11) is 3.81. The van der Waals surface area contributed by atoms with Gasteiger partial charge >= 0.3 is 6.03 Å². The molecule has 2 aromatic rings. The molecule has 32 heavy (non-hydrogen) atoms. The van der Waals surface area contributed by atoms with E-state index in [0.717, 1.165) is 17.8 Å². The van der Waals surface area contributed by atoms with E-state index >= 15 is 0 Å². The number of piperidine rings is 1. The Morgan fingerprint density at radius 1 is 1.19 bits per heavy atom. The molecule has 0 spiro atoms. The van der Waals surface area contributed by atoms with Crippen LogP contribution in [0.25, 0.3) is 0 Å². The first-order valence-corrected chi connectivity index (χ1v) is 11.3. The number of nitrogens with one attached hydrogen (secondary N) is 2. The Hall–Kier alpha value is -2.77. The van der Waals surface area contributed by atoms with Crippen molar-refractivity contribution in [2.24, 2.45) is 0 Å². The largest absolute Gasteiger partial charge is 0.491 e. The first kappa shape index (κ1) is 23.9. The minimum atomic E-state index is -0.554. The summed E-state index contributed by atoms with van der Waals surface area (Å²) >= 11 is 0. The molecule has 7 nitrogen and oxygen atoms in total. The van der Waals surface area contributed by atoms with Crippen LogP contribution in [0.3, 0.4) is 0 Å². The van der Waals surface area contributed by atoms with E-state index in [4.69, 9.17) is 4.74 Å². The standard InChI is InChI=1S/C25H36N4O3/c1-18-15-21(29-14-6-5-7-19(29)2)10-13-24(18)27-25(31)26-20-8-11-23(12-9-20)32-17-22(30)16-28(3)4/h8-13,15,19,22,30H,5-7,14,16-17H2,1-4H3,(H2,26,27,31). The van der Waals surface area contributed by atoms with Gasteiger partial charge in [0.2, 0.25) is 0 Å². The number of urea groups is 1. The van der Waals surface area contributed by atoms with Crippen molar-refractivity contribution in [3.8, 4) is 5.75 Å². The van der Waals surface area contributed by atoms with Crippen LogP contribution in [-0.2, 0) is 0 Å².